The van der Waals surface area contributed by atoms with Gasteiger partial charge in [0, 0.05) is 11.6 Å². The van der Waals surface area contributed by atoms with Crippen LogP contribution in [0.5, 0.6) is 0 Å². The van der Waals surface area contributed by atoms with Crippen molar-refractivity contribution in [3.63, 3.8) is 0 Å². The number of nitro groups is 1. The SMILES string of the molecule is Cc1ccc([C@@H](O)c2c(C)ccc3ccccc23)cc1[N+](=O)[O-]. The summed E-state index contributed by atoms with van der Waals surface area (Å²) in [7, 11) is 0. The van der Waals surface area contributed by atoms with Crippen molar-refractivity contribution in [1.82, 2.24) is 0 Å². The van der Waals surface area contributed by atoms with Crippen molar-refractivity contribution in [3.05, 3.63) is 87.0 Å². The molecule has 0 aliphatic heterocycles. The van der Waals surface area contributed by atoms with Crippen LogP contribution in [0.4, 0.5) is 5.69 Å². The van der Waals surface area contributed by atoms with Crippen LogP contribution in [0.3, 0.4) is 0 Å². The highest BCUT2D eigenvalue weighted by Crippen LogP contribution is 2.33. The Labute approximate surface area is 134 Å². The molecule has 0 amide bonds. The van der Waals surface area contributed by atoms with Crippen molar-refractivity contribution in [2.24, 2.45) is 0 Å². The van der Waals surface area contributed by atoms with E-state index in [0.717, 1.165) is 21.9 Å². The highest BCUT2D eigenvalue weighted by atomic mass is 16.6. The minimum absolute atomic E-state index is 0.0273. The van der Waals surface area contributed by atoms with Crippen molar-refractivity contribution < 1.29 is 10.0 Å². The van der Waals surface area contributed by atoms with Crippen LogP contribution in [-0.2, 0) is 0 Å². The first-order chi connectivity index (χ1) is 11.0. The molecule has 0 aromatic heterocycles. The zero-order chi connectivity index (χ0) is 16.6. The molecule has 0 aliphatic rings. The molecule has 3 aromatic carbocycles. The summed E-state index contributed by atoms with van der Waals surface area (Å²) in [4.78, 5) is 10.7. The van der Waals surface area contributed by atoms with Gasteiger partial charge in [-0.1, -0.05) is 48.5 Å². The van der Waals surface area contributed by atoms with Gasteiger partial charge in [-0.25, -0.2) is 0 Å². The molecule has 0 bridgehead atoms. The van der Waals surface area contributed by atoms with E-state index in [1.54, 1.807) is 19.1 Å². The number of hydrogen-bond acceptors (Lipinski definition) is 3. The quantitative estimate of drug-likeness (QED) is 0.574. The Morgan fingerprint density at radius 2 is 1.70 bits per heavy atom. The highest BCUT2D eigenvalue weighted by Gasteiger charge is 2.19. The van der Waals surface area contributed by atoms with Gasteiger partial charge in [-0.05, 0) is 41.3 Å². The molecule has 4 heteroatoms. The van der Waals surface area contributed by atoms with Crippen LogP contribution in [0.25, 0.3) is 10.8 Å². The molecule has 0 radical (unpaired) electrons. The van der Waals surface area contributed by atoms with Crippen molar-refractivity contribution in [2.45, 2.75) is 20.0 Å². The molecule has 3 aromatic rings. The maximum Gasteiger partial charge on any atom is 0.272 e. The fourth-order valence-corrected chi connectivity index (χ4v) is 2.93. The maximum atomic E-state index is 11.1. The summed E-state index contributed by atoms with van der Waals surface area (Å²) in [5.41, 5.74) is 2.89. The molecule has 0 heterocycles. The molecule has 3 rings (SSSR count). The third-order valence-electron chi connectivity index (χ3n) is 4.21. The second-order valence-corrected chi connectivity index (χ2v) is 5.72. The van der Waals surface area contributed by atoms with E-state index in [1.165, 1.54) is 6.07 Å². The summed E-state index contributed by atoms with van der Waals surface area (Å²) < 4.78 is 0. The lowest BCUT2D eigenvalue weighted by atomic mass is 9.91. The largest absolute Gasteiger partial charge is 0.384 e. The van der Waals surface area contributed by atoms with Gasteiger partial charge in [-0.15, -0.1) is 0 Å². The van der Waals surface area contributed by atoms with Gasteiger partial charge in [0.1, 0.15) is 6.10 Å². The van der Waals surface area contributed by atoms with Gasteiger partial charge >= 0.3 is 0 Å². The molecule has 1 N–H and O–H groups in total. The number of nitro benzene ring substituents is 1. The van der Waals surface area contributed by atoms with Gasteiger partial charge in [0.05, 0.1) is 4.92 Å². The van der Waals surface area contributed by atoms with E-state index in [0.29, 0.717) is 11.1 Å². The van der Waals surface area contributed by atoms with Crippen molar-refractivity contribution in [1.29, 1.82) is 0 Å². The molecule has 1 atom stereocenters. The van der Waals surface area contributed by atoms with Crippen molar-refractivity contribution in [3.8, 4) is 0 Å². The van der Waals surface area contributed by atoms with E-state index >= 15 is 0 Å². The number of nitrogens with zero attached hydrogens (tertiary/aromatic N) is 1. The van der Waals surface area contributed by atoms with Crippen molar-refractivity contribution in [2.75, 3.05) is 0 Å². The van der Waals surface area contributed by atoms with Crippen LogP contribution >= 0.6 is 0 Å². The maximum absolute atomic E-state index is 11.1. The van der Waals surface area contributed by atoms with Crippen LogP contribution in [0.1, 0.15) is 28.4 Å². The number of rotatable bonds is 3. The first kappa shape index (κ1) is 15.2. The fraction of sp³-hybridized carbons (Fsp3) is 0.158. The van der Waals surface area contributed by atoms with Crippen LogP contribution in [0.15, 0.2) is 54.6 Å². The van der Waals surface area contributed by atoms with Gasteiger partial charge in [-0.2, -0.15) is 0 Å². The molecule has 23 heavy (non-hydrogen) atoms. The second kappa shape index (κ2) is 5.82. The standard InChI is InChI=1S/C19H17NO3/c1-12-7-10-15(11-17(12)20(22)23)19(21)18-13(2)8-9-14-5-3-4-6-16(14)18/h3-11,19,21H,1-2H3/t19-/m1/s1. The average molecular weight is 307 g/mol. The zero-order valence-corrected chi connectivity index (χ0v) is 13.0. The summed E-state index contributed by atoms with van der Waals surface area (Å²) in [5, 5.41) is 24.0. The van der Waals surface area contributed by atoms with Gasteiger partial charge in [-0.3, -0.25) is 10.1 Å². The van der Waals surface area contributed by atoms with Gasteiger partial charge in [0.15, 0.2) is 0 Å². The lowest BCUT2D eigenvalue weighted by molar-refractivity contribution is -0.385. The highest BCUT2D eigenvalue weighted by molar-refractivity contribution is 5.87. The molecule has 0 aliphatic carbocycles. The zero-order valence-electron chi connectivity index (χ0n) is 13.0. The number of benzene rings is 3. The van der Waals surface area contributed by atoms with E-state index in [1.807, 2.05) is 43.3 Å². The summed E-state index contributed by atoms with van der Waals surface area (Å²) in [6.07, 6.45) is -0.902. The molecule has 0 saturated carbocycles. The van der Waals surface area contributed by atoms with Crippen LogP contribution in [0, 0.1) is 24.0 Å². The molecule has 116 valence electrons. The Morgan fingerprint density at radius 3 is 2.43 bits per heavy atom. The Bertz CT molecular complexity index is 902. The van der Waals surface area contributed by atoms with Crippen LogP contribution < -0.4 is 0 Å². The third-order valence-corrected chi connectivity index (χ3v) is 4.21. The lowest BCUT2D eigenvalue weighted by Gasteiger charge is -2.17. The minimum Gasteiger partial charge on any atom is -0.384 e. The van der Waals surface area contributed by atoms with Gasteiger partial charge in [0.2, 0.25) is 0 Å². The number of aryl methyl sites for hydroxylation is 2. The van der Waals surface area contributed by atoms with Crippen LogP contribution in [-0.4, -0.2) is 10.0 Å². The lowest BCUT2D eigenvalue weighted by Crippen LogP contribution is -2.04. The Morgan fingerprint density at radius 1 is 1.00 bits per heavy atom. The first-order valence-corrected chi connectivity index (χ1v) is 7.40. The topological polar surface area (TPSA) is 63.4 Å². The van der Waals surface area contributed by atoms with E-state index < -0.39 is 11.0 Å². The summed E-state index contributed by atoms with van der Waals surface area (Å²) in [6.45, 7) is 3.63. The Balaban J connectivity index is 2.18. The van der Waals surface area contributed by atoms with E-state index in [-0.39, 0.29) is 5.69 Å². The molecule has 0 saturated heterocycles. The Hall–Kier alpha value is -2.72. The molecular weight excluding hydrogens is 290 g/mol. The minimum atomic E-state index is -0.902. The van der Waals surface area contributed by atoms with E-state index in [4.69, 9.17) is 0 Å². The molecule has 0 unspecified atom stereocenters. The average Bonchev–Trinajstić information content (AvgIpc) is 2.54. The number of fused-ring (bicyclic) bond motifs is 1. The normalized spacial score (nSPS) is 12.3. The molecular formula is C19H17NO3. The summed E-state index contributed by atoms with van der Waals surface area (Å²) >= 11 is 0. The monoisotopic (exact) mass is 307 g/mol. The van der Waals surface area contributed by atoms with Crippen LogP contribution in [0.2, 0.25) is 0 Å². The van der Waals surface area contributed by atoms with Crippen molar-refractivity contribution >= 4 is 16.5 Å². The first-order valence-electron chi connectivity index (χ1n) is 7.40. The third kappa shape index (κ3) is 2.69. The summed E-state index contributed by atoms with van der Waals surface area (Å²) in [5.74, 6) is 0. The number of aliphatic hydroxyl groups is 1. The Kier molecular flexibility index (Phi) is 3.84. The predicted molar refractivity (Wildman–Crippen MR) is 90.6 cm³/mol. The van der Waals surface area contributed by atoms with Gasteiger partial charge in [0.25, 0.3) is 5.69 Å². The fourth-order valence-electron chi connectivity index (χ4n) is 2.93. The number of hydrogen-bond donors (Lipinski definition) is 1. The summed E-state index contributed by atoms with van der Waals surface area (Å²) in [6, 6.07) is 16.7. The number of aliphatic hydroxyl groups excluding tert-OH is 1. The van der Waals surface area contributed by atoms with E-state index in [2.05, 4.69) is 0 Å². The smallest absolute Gasteiger partial charge is 0.272 e. The van der Waals surface area contributed by atoms with E-state index in [9.17, 15) is 15.2 Å². The molecule has 0 spiro atoms. The second-order valence-electron chi connectivity index (χ2n) is 5.72. The molecule has 4 nitrogen and oxygen atoms in total. The predicted octanol–water partition coefficient (Wildman–Crippen LogP) is 4.45. The molecule has 0 fully saturated rings. The van der Waals surface area contributed by atoms with Gasteiger partial charge < -0.3 is 5.11 Å².